The van der Waals surface area contributed by atoms with Gasteiger partial charge in [-0.1, -0.05) is 0 Å². The molecule has 0 spiro atoms. The van der Waals surface area contributed by atoms with Gasteiger partial charge in [0.15, 0.2) is 5.96 Å². The number of likely N-dealkylation sites (tertiary alicyclic amines) is 1. The fourth-order valence-corrected chi connectivity index (χ4v) is 2.62. The number of hydrogen-bond donors (Lipinski definition) is 3. The Morgan fingerprint density at radius 2 is 1.85 bits per heavy atom. The third-order valence-corrected chi connectivity index (χ3v) is 3.86. The number of nitrogens with one attached hydrogen (secondary N) is 3. The zero-order chi connectivity index (χ0) is 18.4. The molecule has 1 aliphatic carbocycles. The molecule has 0 radical (unpaired) electrons. The van der Waals surface area contributed by atoms with Crippen LogP contribution in [-0.2, 0) is 9.53 Å². The number of amides is 2. The van der Waals surface area contributed by atoms with Crippen LogP contribution in [0.2, 0.25) is 0 Å². The van der Waals surface area contributed by atoms with Crippen LogP contribution in [0.25, 0.3) is 0 Å². The van der Waals surface area contributed by atoms with E-state index in [4.69, 9.17) is 4.74 Å². The molecule has 0 aromatic carbocycles. The van der Waals surface area contributed by atoms with Gasteiger partial charge in [-0.3, -0.25) is 4.79 Å². The molecule has 1 saturated heterocycles. The fraction of sp³-hybridized carbons (Fsp3) is 0.824. The molecule has 1 atom stereocenters. The zero-order valence-electron chi connectivity index (χ0n) is 16.1. The zero-order valence-corrected chi connectivity index (χ0v) is 18.5. The summed E-state index contributed by atoms with van der Waals surface area (Å²) >= 11 is 0. The van der Waals surface area contributed by atoms with Crippen molar-refractivity contribution in [2.75, 3.05) is 26.2 Å². The second-order valence-corrected chi connectivity index (χ2v) is 7.59. The highest BCUT2D eigenvalue weighted by Crippen LogP contribution is 2.18. The van der Waals surface area contributed by atoms with Crippen LogP contribution in [0.4, 0.5) is 4.79 Å². The van der Waals surface area contributed by atoms with Gasteiger partial charge in [-0.2, -0.15) is 0 Å². The molecule has 26 heavy (non-hydrogen) atoms. The lowest BCUT2D eigenvalue weighted by Gasteiger charge is -2.23. The maximum Gasteiger partial charge on any atom is 0.407 e. The van der Waals surface area contributed by atoms with E-state index >= 15 is 0 Å². The number of alkyl carbamates (subject to hydrolysis) is 1. The number of guanidine groups is 1. The molecule has 1 aliphatic heterocycles. The largest absolute Gasteiger partial charge is 0.444 e. The van der Waals surface area contributed by atoms with E-state index in [1.807, 2.05) is 27.7 Å². The summed E-state index contributed by atoms with van der Waals surface area (Å²) in [5.41, 5.74) is -0.506. The van der Waals surface area contributed by atoms with Gasteiger partial charge >= 0.3 is 6.09 Å². The minimum atomic E-state index is -0.506. The molecule has 0 bridgehead atoms. The first-order valence-electron chi connectivity index (χ1n) is 9.09. The first-order chi connectivity index (χ1) is 11.8. The Kier molecular flexibility index (Phi) is 8.91. The smallest absolute Gasteiger partial charge is 0.407 e. The molecule has 2 aliphatic rings. The van der Waals surface area contributed by atoms with Crippen LogP contribution in [0.3, 0.4) is 0 Å². The SMILES string of the molecule is CCNC(=NCC(=O)NC1CC1)N1CCC(NC(=O)OC(C)(C)C)C1.I. The lowest BCUT2D eigenvalue weighted by atomic mass is 10.2. The molecule has 8 nitrogen and oxygen atoms in total. The molecule has 1 saturated carbocycles. The number of hydrogen-bond acceptors (Lipinski definition) is 4. The molecular weight excluding hydrogens is 449 g/mol. The lowest BCUT2D eigenvalue weighted by molar-refractivity contribution is -0.119. The van der Waals surface area contributed by atoms with Gasteiger partial charge in [0.25, 0.3) is 0 Å². The van der Waals surface area contributed by atoms with Gasteiger partial charge < -0.3 is 25.6 Å². The number of rotatable bonds is 5. The summed E-state index contributed by atoms with van der Waals surface area (Å²) in [6.07, 6.45) is 2.56. The van der Waals surface area contributed by atoms with E-state index in [2.05, 4.69) is 25.8 Å². The molecule has 1 heterocycles. The van der Waals surface area contributed by atoms with E-state index in [-0.39, 0.29) is 42.5 Å². The number of aliphatic imine (C=N–C) groups is 1. The summed E-state index contributed by atoms with van der Waals surface area (Å²) in [6, 6.07) is 0.360. The minimum Gasteiger partial charge on any atom is -0.444 e. The Bertz CT molecular complexity index is 517. The third-order valence-electron chi connectivity index (χ3n) is 3.86. The Morgan fingerprint density at radius 1 is 1.15 bits per heavy atom. The van der Waals surface area contributed by atoms with Crippen LogP contribution in [0.5, 0.6) is 0 Å². The highest BCUT2D eigenvalue weighted by Gasteiger charge is 2.28. The van der Waals surface area contributed by atoms with Crippen molar-refractivity contribution in [2.45, 2.75) is 64.6 Å². The van der Waals surface area contributed by atoms with E-state index in [0.717, 1.165) is 32.4 Å². The first kappa shape index (κ1) is 22.8. The van der Waals surface area contributed by atoms with Gasteiger partial charge in [0.1, 0.15) is 12.1 Å². The van der Waals surface area contributed by atoms with E-state index < -0.39 is 11.7 Å². The fourth-order valence-electron chi connectivity index (χ4n) is 2.62. The molecule has 2 rings (SSSR count). The maximum absolute atomic E-state index is 11.9. The Hall–Kier alpha value is -1.26. The van der Waals surface area contributed by atoms with Crippen molar-refractivity contribution >= 4 is 41.9 Å². The first-order valence-corrected chi connectivity index (χ1v) is 9.09. The lowest BCUT2D eigenvalue weighted by Crippen LogP contribution is -2.44. The highest BCUT2D eigenvalue weighted by atomic mass is 127. The summed E-state index contributed by atoms with van der Waals surface area (Å²) < 4.78 is 5.30. The monoisotopic (exact) mass is 481 g/mol. The summed E-state index contributed by atoms with van der Waals surface area (Å²) in [4.78, 5) is 30.2. The summed E-state index contributed by atoms with van der Waals surface area (Å²) in [5, 5.41) is 9.04. The van der Waals surface area contributed by atoms with Crippen molar-refractivity contribution < 1.29 is 14.3 Å². The van der Waals surface area contributed by atoms with Gasteiger partial charge in [0.2, 0.25) is 5.91 Å². The van der Waals surface area contributed by atoms with E-state index in [0.29, 0.717) is 18.5 Å². The van der Waals surface area contributed by atoms with E-state index in [1.54, 1.807) is 0 Å². The average molecular weight is 481 g/mol. The molecule has 150 valence electrons. The maximum atomic E-state index is 11.9. The van der Waals surface area contributed by atoms with Crippen LogP contribution in [0.15, 0.2) is 4.99 Å². The van der Waals surface area contributed by atoms with Crippen molar-refractivity contribution in [3.05, 3.63) is 0 Å². The molecule has 2 amide bonds. The summed E-state index contributed by atoms with van der Waals surface area (Å²) in [6.45, 7) is 9.80. The van der Waals surface area contributed by atoms with Gasteiger partial charge in [-0.25, -0.2) is 9.79 Å². The Labute approximate surface area is 172 Å². The summed E-state index contributed by atoms with van der Waals surface area (Å²) in [5.74, 6) is 0.669. The normalized spacial score (nSPS) is 20.2. The number of carbonyl (C=O) groups is 2. The van der Waals surface area contributed by atoms with Gasteiger partial charge in [-0.15, -0.1) is 24.0 Å². The standard InChI is InChI=1S/C17H31N5O3.HI/c1-5-18-15(19-10-14(23)20-12-6-7-12)22-9-8-13(11-22)21-16(24)25-17(2,3)4;/h12-13H,5-11H2,1-4H3,(H,18,19)(H,20,23)(H,21,24);1H. The molecule has 2 fully saturated rings. The van der Waals surface area contributed by atoms with Gasteiger partial charge in [0.05, 0.1) is 6.04 Å². The average Bonchev–Trinajstić information content (AvgIpc) is 3.18. The Balaban J connectivity index is 0.00000338. The predicted molar refractivity (Wildman–Crippen MR) is 112 cm³/mol. The summed E-state index contributed by atoms with van der Waals surface area (Å²) in [7, 11) is 0. The molecule has 1 unspecified atom stereocenters. The highest BCUT2D eigenvalue weighted by molar-refractivity contribution is 14.0. The van der Waals surface area contributed by atoms with Crippen LogP contribution in [0.1, 0.15) is 47.0 Å². The van der Waals surface area contributed by atoms with Crippen molar-refractivity contribution in [3.8, 4) is 0 Å². The molecule has 0 aromatic heterocycles. The second kappa shape index (κ2) is 10.2. The van der Waals surface area contributed by atoms with Crippen LogP contribution in [-0.4, -0.2) is 66.7 Å². The number of halogens is 1. The molecular formula is C17H32IN5O3. The van der Waals surface area contributed by atoms with Crippen molar-refractivity contribution in [1.29, 1.82) is 0 Å². The predicted octanol–water partition coefficient (Wildman–Crippen LogP) is 1.45. The van der Waals surface area contributed by atoms with Crippen molar-refractivity contribution in [1.82, 2.24) is 20.9 Å². The number of nitrogens with zero attached hydrogens (tertiary/aromatic N) is 2. The molecule has 3 N–H and O–H groups in total. The third kappa shape index (κ3) is 8.41. The molecule has 9 heteroatoms. The van der Waals surface area contributed by atoms with Crippen molar-refractivity contribution in [2.24, 2.45) is 4.99 Å². The Morgan fingerprint density at radius 3 is 2.42 bits per heavy atom. The van der Waals surface area contributed by atoms with Gasteiger partial charge in [0, 0.05) is 25.7 Å². The molecule has 0 aromatic rings. The topological polar surface area (TPSA) is 95.1 Å². The van der Waals surface area contributed by atoms with Crippen LogP contribution >= 0.6 is 24.0 Å². The van der Waals surface area contributed by atoms with Crippen LogP contribution in [0, 0.1) is 0 Å². The van der Waals surface area contributed by atoms with Crippen molar-refractivity contribution in [3.63, 3.8) is 0 Å². The number of carbonyl (C=O) groups excluding carboxylic acids is 2. The number of ether oxygens (including phenoxy) is 1. The van der Waals surface area contributed by atoms with Gasteiger partial charge in [-0.05, 0) is 47.0 Å². The van der Waals surface area contributed by atoms with E-state index in [1.165, 1.54) is 0 Å². The van der Waals surface area contributed by atoms with E-state index in [9.17, 15) is 9.59 Å². The minimum absolute atomic E-state index is 0. The quantitative estimate of drug-likeness (QED) is 0.314. The second-order valence-electron chi connectivity index (χ2n) is 7.59. The van der Waals surface area contributed by atoms with Crippen LogP contribution < -0.4 is 16.0 Å².